The summed E-state index contributed by atoms with van der Waals surface area (Å²) < 4.78 is 7.51. The molecule has 1 N–H and O–H groups in total. The smallest absolute Gasteiger partial charge is 0.271 e. The average Bonchev–Trinajstić information content (AvgIpc) is 3.53. The Hall–Kier alpha value is -2.80. The van der Waals surface area contributed by atoms with Gasteiger partial charge in [0, 0.05) is 10.9 Å². The zero-order valence-electron chi connectivity index (χ0n) is 17.0. The van der Waals surface area contributed by atoms with Crippen molar-refractivity contribution in [1.82, 2.24) is 14.8 Å². The van der Waals surface area contributed by atoms with Gasteiger partial charge in [0.2, 0.25) is 5.91 Å². The highest BCUT2D eigenvalue weighted by Crippen LogP contribution is 2.35. The molecule has 0 aromatic carbocycles. The molecule has 0 spiro atoms. The molecule has 4 heterocycles. The maximum absolute atomic E-state index is 13.6. The highest BCUT2D eigenvalue weighted by Gasteiger charge is 2.48. The van der Waals surface area contributed by atoms with Crippen molar-refractivity contribution in [1.29, 1.82) is 0 Å². The van der Waals surface area contributed by atoms with Crippen molar-refractivity contribution < 1.29 is 14.0 Å². The number of thiophene rings is 1. The van der Waals surface area contributed by atoms with Gasteiger partial charge in [-0.05, 0) is 55.5 Å². The highest BCUT2D eigenvalue weighted by atomic mass is 32.1. The lowest BCUT2D eigenvalue weighted by Crippen LogP contribution is -2.64. The Morgan fingerprint density at radius 1 is 1.20 bits per heavy atom. The van der Waals surface area contributed by atoms with Gasteiger partial charge in [0.1, 0.15) is 17.0 Å². The molecule has 156 valence electrons. The second kappa shape index (κ2) is 7.47. The van der Waals surface area contributed by atoms with E-state index in [2.05, 4.69) is 5.32 Å². The second-order valence-electron chi connectivity index (χ2n) is 8.37. The average molecular weight is 424 g/mol. The molecule has 6 nitrogen and oxygen atoms in total. The Bertz CT molecular complexity index is 1050. The lowest BCUT2D eigenvalue weighted by molar-refractivity contribution is -0.133. The molecule has 1 saturated carbocycles. The van der Waals surface area contributed by atoms with Gasteiger partial charge >= 0.3 is 0 Å². The van der Waals surface area contributed by atoms with Crippen LogP contribution in [0.25, 0.3) is 11.5 Å². The minimum atomic E-state index is -0.989. The van der Waals surface area contributed by atoms with Crippen LogP contribution >= 0.6 is 11.3 Å². The van der Waals surface area contributed by atoms with Crippen LogP contribution in [0.15, 0.2) is 52.5 Å². The lowest BCUT2D eigenvalue weighted by Gasteiger charge is -2.44. The van der Waals surface area contributed by atoms with Gasteiger partial charge in [-0.1, -0.05) is 18.9 Å². The van der Waals surface area contributed by atoms with Gasteiger partial charge in [0.15, 0.2) is 0 Å². The number of rotatable bonds is 5. The third-order valence-electron chi connectivity index (χ3n) is 6.35. The van der Waals surface area contributed by atoms with Gasteiger partial charge in [-0.25, -0.2) is 0 Å². The number of carbonyl (C=O) groups is 2. The summed E-state index contributed by atoms with van der Waals surface area (Å²) in [5.41, 5.74) is 0.417. The van der Waals surface area contributed by atoms with Crippen LogP contribution in [0.3, 0.4) is 0 Å². The van der Waals surface area contributed by atoms with Crippen molar-refractivity contribution in [2.24, 2.45) is 0 Å². The first kappa shape index (κ1) is 19.2. The number of hydrogen-bond donors (Lipinski definition) is 1. The molecule has 30 heavy (non-hydrogen) atoms. The highest BCUT2D eigenvalue weighted by molar-refractivity contribution is 7.09. The van der Waals surface area contributed by atoms with Crippen LogP contribution in [-0.4, -0.2) is 32.9 Å². The maximum atomic E-state index is 13.6. The Morgan fingerprint density at radius 2 is 2.00 bits per heavy atom. The van der Waals surface area contributed by atoms with Crippen LogP contribution in [0.1, 0.15) is 48.0 Å². The third-order valence-corrected chi connectivity index (χ3v) is 7.22. The van der Waals surface area contributed by atoms with E-state index in [-0.39, 0.29) is 17.9 Å². The molecule has 3 aromatic rings. The van der Waals surface area contributed by atoms with Gasteiger partial charge in [-0.2, -0.15) is 0 Å². The molecule has 7 heteroatoms. The fourth-order valence-corrected chi connectivity index (χ4v) is 5.32. The summed E-state index contributed by atoms with van der Waals surface area (Å²) >= 11 is 1.60. The Kier molecular flexibility index (Phi) is 4.77. The Labute approximate surface area is 179 Å². The molecular formula is C23H25N3O3S. The monoisotopic (exact) mass is 423 g/mol. The van der Waals surface area contributed by atoms with E-state index in [0.29, 0.717) is 24.5 Å². The molecule has 1 aliphatic carbocycles. The van der Waals surface area contributed by atoms with Crippen molar-refractivity contribution in [3.8, 4) is 11.5 Å². The predicted octanol–water partition coefficient (Wildman–Crippen LogP) is 4.28. The summed E-state index contributed by atoms with van der Waals surface area (Å²) in [7, 11) is 0. The van der Waals surface area contributed by atoms with Crippen molar-refractivity contribution in [3.05, 3.63) is 58.6 Å². The molecule has 5 rings (SSSR count). The van der Waals surface area contributed by atoms with E-state index in [1.165, 1.54) is 0 Å². The van der Waals surface area contributed by atoms with Gasteiger partial charge in [-0.3, -0.25) is 9.59 Å². The van der Waals surface area contributed by atoms with Crippen molar-refractivity contribution in [3.63, 3.8) is 0 Å². The van der Waals surface area contributed by atoms with Crippen molar-refractivity contribution >= 4 is 23.2 Å². The molecule has 1 atom stereocenters. The standard InChI is InChI=1S/C23H25N3O3S/c1-23(22(28)24-16-6-2-3-7-16)15-25-18(20-9-4-12-29-20)10-11-19(25)21(27)26(23)14-17-8-5-13-30-17/h4-5,8-13,16H,2-3,6-7,14-15H2,1H3,(H,24,28)/t23-/m1/s1. The molecule has 1 fully saturated rings. The topological polar surface area (TPSA) is 67.5 Å². The Morgan fingerprint density at radius 3 is 2.70 bits per heavy atom. The number of hydrogen-bond acceptors (Lipinski definition) is 4. The summed E-state index contributed by atoms with van der Waals surface area (Å²) in [4.78, 5) is 29.9. The predicted molar refractivity (Wildman–Crippen MR) is 115 cm³/mol. The van der Waals surface area contributed by atoms with Crippen molar-refractivity contribution in [2.45, 2.75) is 57.3 Å². The zero-order chi connectivity index (χ0) is 20.7. The fraction of sp³-hybridized carbons (Fsp3) is 0.391. The molecule has 0 radical (unpaired) electrons. The number of nitrogens with zero attached hydrogens (tertiary/aromatic N) is 2. The normalized spacial score (nSPS) is 21.8. The molecule has 2 aliphatic rings. The SMILES string of the molecule is C[C@]1(C(=O)NC2CCCC2)Cn2c(ccc2-c2ccco2)C(=O)N1Cc1cccs1. The number of amides is 2. The van der Waals surface area contributed by atoms with Crippen LogP contribution in [-0.2, 0) is 17.9 Å². The number of carbonyl (C=O) groups excluding carboxylic acids is 2. The zero-order valence-corrected chi connectivity index (χ0v) is 17.8. The summed E-state index contributed by atoms with van der Waals surface area (Å²) in [5, 5.41) is 5.23. The maximum Gasteiger partial charge on any atom is 0.271 e. The van der Waals surface area contributed by atoms with E-state index in [4.69, 9.17) is 4.42 Å². The molecule has 2 amide bonds. The summed E-state index contributed by atoms with van der Waals surface area (Å²) in [6.45, 7) is 2.70. The number of aromatic nitrogens is 1. The van der Waals surface area contributed by atoms with Crippen LogP contribution < -0.4 is 5.32 Å². The molecular weight excluding hydrogens is 398 g/mol. The largest absolute Gasteiger partial charge is 0.463 e. The first-order valence-electron chi connectivity index (χ1n) is 10.4. The summed E-state index contributed by atoms with van der Waals surface area (Å²) in [5.74, 6) is 0.486. The van der Waals surface area contributed by atoms with Crippen molar-refractivity contribution in [2.75, 3.05) is 0 Å². The van der Waals surface area contributed by atoms with Crippen LogP contribution in [0, 0.1) is 0 Å². The van der Waals surface area contributed by atoms with Gasteiger partial charge in [0.05, 0.1) is 25.0 Å². The second-order valence-corrected chi connectivity index (χ2v) is 9.40. The first-order chi connectivity index (χ1) is 14.6. The van der Waals surface area contributed by atoms with Gasteiger partial charge < -0.3 is 19.2 Å². The van der Waals surface area contributed by atoms with Crippen LogP contribution in [0.2, 0.25) is 0 Å². The van der Waals surface area contributed by atoms with E-state index in [1.807, 2.05) is 53.3 Å². The number of fused-ring (bicyclic) bond motifs is 1. The Balaban J connectivity index is 1.54. The molecule has 3 aromatic heterocycles. The molecule has 1 aliphatic heterocycles. The quantitative estimate of drug-likeness (QED) is 0.666. The van der Waals surface area contributed by atoms with Crippen LogP contribution in [0.4, 0.5) is 0 Å². The number of nitrogens with one attached hydrogen (secondary N) is 1. The van der Waals surface area contributed by atoms with E-state index < -0.39 is 5.54 Å². The number of furan rings is 1. The third kappa shape index (κ3) is 3.17. The first-order valence-corrected chi connectivity index (χ1v) is 11.3. The van der Waals surface area contributed by atoms with Crippen LogP contribution in [0.5, 0.6) is 0 Å². The summed E-state index contributed by atoms with van der Waals surface area (Å²) in [6.07, 6.45) is 5.92. The van der Waals surface area contributed by atoms with E-state index in [9.17, 15) is 9.59 Å². The van der Waals surface area contributed by atoms with Gasteiger partial charge in [-0.15, -0.1) is 11.3 Å². The summed E-state index contributed by atoms with van der Waals surface area (Å²) in [6, 6.07) is 11.6. The molecule has 0 saturated heterocycles. The van der Waals surface area contributed by atoms with E-state index in [0.717, 1.165) is 36.3 Å². The molecule has 0 bridgehead atoms. The molecule has 0 unspecified atom stereocenters. The van der Waals surface area contributed by atoms with E-state index in [1.54, 1.807) is 22.5 Å². The minimum Gasteiger partial charge on any atom is -0.463 e. The van der Waals surface area contributed by atoms with Gasteiger partial charge in [0.25, 0.3) is 5.91 Å². The van der Waals surface area contributed by atoms with E-state index >= 15 is 0 Å². The fourth-order valence-electron chi connectivity index (χ4n) is 4.63. The lowest BCUT2D eigenvalue weighted by atomic mass is 9.94. The minimum absolute atomic E-state index is 0.0796.